The molecule has 0 aliphatic carbocycles. The number of hydrogen-bond acceptors (Lipinski definition) is 4. The molecule has 1 aliphatic heterocycles. The summed E-state index contributed by atoms with van der Waals surface area (Å²) in [4.78, 5) is 17.1. The van der Waals surface area contributed by atoms with Crippen LogP contribution in [0.5, 0.6) is 11.5 Å². The number of halogens is 2. The van der Waals surface area contributed by atoms with Crippen molar-refractivity contribution in [3.05, 3.63) is 88.7 Å². The van der Waals surface area contributed by atoms with Crippen molar-refractivity contribution in [3.63, 3.8) is 0 Å². The number of carbonyl (C=O) groups excluding carboxylic acids is 1. The predicted molar refractivity (Wildman–Crippen MR) is 123 cm³/mol. The summed E-state index contributed by atoms with van der Waals surface area (Å²) in [6.07, 6.45) is 0. The zero-order valence-electron chi connectivity index (χ0n) is 17.8. The van der Waals surface area contributed by atoms with Crippen LogP contribution in [-0.4, -0.2) is 44.1 Å². The fraction of sp³-hybridized carbons (Fsp3) is 0.240. The normalized spacial score (nSPS) is 13.7. The fourth-order valence-corrected chi connectivity index (χ4v) is 3.84. The first-order valence-corrected chi connectivity index (χ1v) is 10.8. The minimum atomic E-state index is -0.252. The van der Waals surface area contributed by atoms with Crippen molar-refractivity contribution < 1.29 is 18.7 Å². The number of nitrogens with zero attached hydrogens (tertiary/aromatic N) is 2. The maximum Gasteiger partial charge on any atom is 0.253 e. The van der Waals surface area contributed by atoms with E-state index in [4.69, 9.17) is 21.1 Å². The third-order valence-electron chi connectivity index (χ3n) is 5.49. The lowest BCUT2D eigenvalue weighted by Crippen LogP contribution is -2.48. The van der Waals surface area contributed by atoms with Crippen LogP contribution >= 0.6 is 11.6 Å². The Morgan fingerprint density at radius 2 is 1.66 bits per heavy atom. The lowest BCUT2D eigenvalue weighted by Gasteiger charge is -2.36. The molecule has 0 spiro atoms. The molecule has 166 valence electrons. The molecule has 1 aliphatic rings. The van der Waals surface area contributed by atoms with E-state index in [0.717, 1.165) is 11.3 Å². The molecule has 5 nitrogen and oxygen atoms in total. The summed E-state index contributed by atoms with van der Waals surface area (Å²) in [5, 5.41) is 0.641. The summed E-state index contributed by atoms with van der Waals surface area (Å²) in [5.74, 6) is 1.07. The maximum absolute atomic E-state index is 13.2. The van der Waals surface area contributed by atoms with Crippen LogP contribution in [-0.2, 0) is 6.61 Å². The van der Waals surface area contributed by atoms with E-state index in [2.05, 4.69) is 4.90 Å². The van der Waals surface area contributed by atoms with Crippen LogP contribution in [0.2, 0.25) is 5.02 Å². The zero-order valence-corrected chi connectivity index (χ0v) is 18.5. The van der Waals surface area contributed by atoms with Crippen LogP contribution in [0.15, 0.2) is 66.7 Å². The van der Waals surface area contributed by atoms with Crippen LogP contribution in [0.25, 0.3) is 0 Å². The standard InChI is InChI=1S/C25H24ClFN2O3/c1-31-24-11-2-18(16-19(24)17-32-23-9-3-20(26)4-10-23)25(30)29-14-12-28(13-15-29)22-7-5-21(27)6-8-22/h2-11,16H,12-15,17H2,1H3. The van der Waals surface area contributed by atoms with Gasteiger partial charge in [-0.05, 0) is 66.7 Å². The Balaban J connectivity index is 1.41. The second-order valence-electron chi connectivity index (χ2n) is 7.52. The minimum Gasteiger partial charge on any atom is -0.496 e. The molecule has 4 rings (SSSR count). The highest BCUT2D eigenvalue weighted by atomic mass is 35.5. The van der Waals surface area contributed by atoms with E-state index in [1.165, 1.54) is 12.1 Å². The van der Waals surface area contributed by atoms with E-state index >= 15 is 0 Å². The number of piperazine rings is 1. The van der Waals surface area contributed by atoms with Crippen molar-refractivity contribution in [1.29, 1.82) is 0 Å². The van der Waals surface area contributed by atoms with E-state index in [0.29, 0.717) is 48.3 Å². The molecule has 1 saturated heterocycles. The Bertz CT molecular complexity index is 1070. The van der Waals surface area contributed by atoms with Crippen LogP contribution in [0.1, 0.15) is 15.9 Å². The summed E-state index contributed by atoms with van der Waals surface area (Å²) in [6, 6.07) is 19.0. The Kier molecular flexibility index (Phi) is 6.81. The molecular weight excluding hydrogens is 431 g/mol. The van der Waals surface area contributed by atoms with Crippen molar-refractivity contribution in [3.8, 4) is 11.5 Å². The summed E-state index contributed by atoms with van der Waals surface area (Å²) >= 11 is 5.92. The Hall–Kier alpha value is -3.25. The van der Waals surface area contributed by atoms with Crippen LogP contribution < -0.4 is 14.4 Å². The second-order valence-corrected chi connectivity index (χ2v) is 7.96. The SMILES string of the molecule is COc1ccc(C(=O)N2CCN(c3ccc(F)cc3)CC2)cc1COc1ccc(Cl)cc1. The highest BCUT2D eigenvalue weighted by molar-refractivity contribution is 6.30. The quantitative estimate of drug-likeness (QED) is 0.524. The monoisotopic (exact) mass is 454 g/mol. The zero-order chi connectivity index (χ0) is 22.5. The summed E-state index contributed by atoms with van der Waals surface area (Å²) in [6.45, 7) is 2.85. The van der Waals surface area contributed by atoms with Gasteiger partial charge in [-0.3, -0.25) is 4.79 Å². The lowest BCUT2D eigenvalue weighted by atomic mass is 10.1. The van der Waals surface area contributed by atoms with Crippen LogP contribution in [0.4, 0.5) is 10.1 Å². The number of benzene rings is 3. The molecule has 0 radical (unpaired) electrons. The number of amides is 1. The predicted octanol–water partition coefficient (Wildman–Crippen LogP) is 5.03. The fourth-order valence-electron chi connectivity index (χ4n) is 3.72. The van der Waals surface area contributed by atoms with Crippen molar-refractivity contribution in [1.82, 2.24) is 4.90 Å². The third-order valence-corrected chi connectivity index (χ3v) is 5.75. The first-order valence-electron chi connectivity index (χ1n) is 10.4. The number of ether oxygens (including phenoxy) is 2. The molecule has 0 unspecified atom stereocenters. The molecule has 0 bridgehead atoms. The Labute approximate surface area is 191 Å². The van der Waals surface area contributed by atoms with Gasteiger partial charge in [-0.25, -0.2) is 4.39 Å². The largest absolute Gasteiger partial charge is 0.496 e. The number of anilines is 1. The van der Waals surface area contributed by atoms with E-state index in [1.54, 1.807) is 55.6 Å². The molecule has 1 heterocycles. The summed E-state index contributed by atoms with van der Waals surface area (Å²) < 4.78 is 24.5. The Morgan fingerprint density at radius 3 is 2.31 bits per heavy atom. The average molecular weight is 455 g/mol. The lowest BCUT2D eigenvalue weighted by molar-refractivity contribution is 0.0746. The molecule has 0 saturated carbocycles. The van der Waals surface area contributed by atoms with Gasteiger partial charge in [-0.2, -0.15) is 0 Å². The van der Waals surface area contributed by atoms with Crippen molar-refractivity contribution >= 4 is 23.2 Å². The summed E-state index contributed by atoms with van der Waals surface area (Å²) in [7, 11) is 1.59. The molecule has 3 aromatic rings. The van der Waals surface area contributed by atoms with Crippen molar-refractivity contribution in [2.75, 3.05) is 38.2 Å². The molecule has 1 amide bonds. The highest BCUT2D eigenvalue weighted by Crippen LogP contribution is 2.24. The first kappa shape index (κ1) is 22.0. The summed E-state index contributed by atoms with van der Waals surface area (Å²) in [5.41, 5.74) is 2.35. The first-order chi connectivity index (χ1) is 15.5. The number of rotatable bonds is 6. The van der Waals surface area contributed by atoms with Crippen LogP contribution in [0, 0.1) is 5.82 Å². The van der Waals surface area contributed by atoms with E-state index in [-0.39, 0.29) is 18.3 Å². The van der Waals surface area contributed by atoms with E-state index < -0.39 is 0 Å². The van der Waals surface area contributed by atoms with Gasteiger partial charge in [0.15, 0.2) is 0 Å². The van der Waals surface area contributed by atoms with E-state index in [1.807, 2.05) is 11.0 Å². The molecule has 32 heavy (non-hydrogen) atoms. The molecule has 0 atom stereocenters. The van der Waals surface area contributed by atoms with Gasteiger partial charge in [0.2, 0.25) is 0 Å². The molecule has 7 heteroatoms. The second kappa shape index (κ2) is 9.92. The van der Waals surface area contributed by atoms with Gasteiger partial charge >= 0.3 is 0 Å². The van der Waals surface area contributed by atoms with Crippen LogP contribution in [0.3, 0.4) is 0 Å². The molecule has 3 aromatic carbocycles. The highest BCUT2D eigenvalue weighted by Gasteiger charge is 2.23. The number of hydrogen-bond donors (Lipinski definition) is 0. The van der Waals surface area contributed by atoms with Gasteiger partial charge < -0.3 is 19.3 Å². The van der Waals surface area contributed by atoms with Gasteiger partial charge in [0.25, 0.3) is 5.91 Å². The smallest absolute Gasteiger partial charge is 0.253 e. The minimum absolute atomic E-state index is 0.0286. The maximum atomic E-state index is 13.2. The van der Waals surface area contributed by atoms with Gasteiger partial charge in [-0.1, -0.05) is 11.6 Å². The average Bonchev–Trinajstić information content (AvgIpc) is 2.83. The molecule has 0 N–H and O–H groups in total. The number of carbonyl (C=O) groups is 1. The third kappa shape index (κ3) is 5.14. The van der Waals surface area contributed by atoms with Gasteiger partial charge in [0.05, 0.1) is 7.11 Å². The van der Waals surface area contributed by atoms with E-state index in [9.17, 15) is 9.18 Å². The van der Waals surface area contributed by atoms with Gasteiger partial charge in [0, 0.05) is 48.0 Å². The Morgan fingerprint density at radius 1 is 0.969 bits per heavy atom. The van der Waals surface area contributed by atoms with Crippen molar-refractivity contribution in [2.45, 2.75) is 6.61 Å². The molecular formula is C25H24ClFN2O3. The molecule has 1 fully saturated rings. The topological polar surface area (TPSA) is 42.0 Å². The number of methoxy groups -OCH3 is 1. The van der Waals surface area contributed by atoms with Gasteiger partial charge in [-0.15, -0.1) is 0 Å². The molecule has 0 aromatic heterocycles. The van der Waals surface area contributed by atoms with Crippen molar-refractivity contribution in [2.24, 2.45) is 0 Å². The van der Waals surface area contributed by atoms with Gasteiger partial charge in [0.1, 0.15) is 23.9 Å².